The van der Waals surface area contributed by atoms with Crippen LogP contribution in [0.2, 0.25) is 5.02 Å². The van der Waals surface area contributed by atoms with E-state index in [2.05, 4.69) is 10.1 Å². The number of aryl methyl sites for hydroxylation is 1. The Hall–Kier alpha value is -4.04. The second-order valence-electron chi connectivity index (χ2n) is 7.69. The van der Waals surface area contributed by atoms with Crippen LogP contribution in [0.5, 0.6) is 11.5 Å². The summed E-state index contributed by atoms with van der Waals surface area (Å²) in [6.07, 6.45) is 3.45. The fraction of sp³-hybridized carbons (Fsp3) is 0.125. The van der Waals surface area contributed by atoms with E-state index >= 15 is 0 Å². The van der Waals surface area contributed by atoms with Crippen LogP contribution in [-0.4, -0.2) is 26.0 Å². The van der Waals surface area contributed by atoms with Crippen LogP contribution in [0.1, 0.15) is 11.5 Å². The summed E-state index contributed by atoms with van der Waals surface area (Å²) in [6, 6.07) is 14.6. The van der Waals surface area contributed by atoms with E-state index < -0.39 is 0 Å². The number of hydrogen-bond acceptors (Lipinski definition) is 6. The molecule has 0 bridgehead atoms. The van der Waals surface area contributed by atoms with Crippen LogP contribution in [0.25, 0.3) is 28.2 Å². The van der Waals surface area contributed by atoms with E-state index in [-0.39, 0.29) is 18.9 Å². The fourth-order valence-electron chi connectivity index (χ4n) is 3.80. The van der Waals surface area contributed by atoms with Gasteiger partial charge in [-0.3, -0.25) is 4.79 Å². The summed E-state index contributed by atoms with van der Waals surface area (Å²) >= 11 is 5.97. The summed E-state index contributed by atoms with van der Waals surface area (Å²) in [5, 5.41) is 5.19. The molecule has 1 aliphatic rings. The molecule has 0 unspecified atom stereocenters. The van der Waals surface area contributed by atoms with Gasteiger partial charge in [0.1, 0.15) is 17.0 Å². The molecule has 164 valence electrons. The van der Waals surface area contributed by atoms with E-state index in [1.165, 1.54) is 0 Å². The smallest absolute Gasteiger partial charge is 0.276 e. The highest BCUT2D eigenvalue weighted by Gasteiger charge is 2.17. The quantitative estimate of drug-likeness (QED) is 0.391. The molecule has 8 nitrogen and oxygen atoms in total. The highest BCUT2D eigenvalue weighted by atomic mass is 35.5. The number of benzene rings is 2. The lowest BCUT2D eigenvalue weighted by Crippen LogP contribution is -2.22. The molecule has 2 aromatic carbocycles. The molecule has 0 atom stereocenters. The Morgan fingerprint density at radius 3 is 2.64 bits per heavy atom. The molecule has 0 fully saturated rings. The highest BCUT2D eigenvalue weighted by Crippen LogP contribution is 2.35. The molecular weight excluding hydrogens is 444 g/mol. The summed E-state index contributed by atoms with van der Waals surface area (Å²) < 4.78 is 19.8. The zero-order valence-electron chi connectivity index (χ0n) is 17.5. The molecule has 4 heterocycles. The maximum absolute atomic E-state index is 13.2. The number of halogens is 1. The Balaban J connectivity index is 1.33. The standard InChI is InChI=1S/C24H17ClN4O4/c1-14-19(26-23(33-14)15-2-5-17(25)6-3-15)12-28-8-9-29-20(24(28)30)11-18(27-29)16-4-7-21-22(10-16)32-13-31-21/h2-11H,12-13H2,1H3. The topological polar surface area (TPSA) is 83.8 Å². The average Bonchev–Trinajstić information content (AvgIpc) is 3.54. The second-order valence-corrected chi connectivity index (χ2v) is 8.12. The Morgan fingerprint density at radius 2 is 1.79 bits per heavy atom. The summed E-state index contributed by atoms with van der Waals surface area (Å²) in [5.41, 5.74) is 3.30. The van der Waals surface area contributed by atoms with Gasteiger partial charge < -0.3 is 18.5 Å². The van der Waals surface area contributed by atoms with Crippen LogP contribution < -0.4 is 15.0 Å². The van der Waals surface area contributed by atoms with Crippen molar-refractivity contribution < 1.29 is 13.9 Å². The van der Waals surface area contributed by atoms with Gasteiger partial charge in [0, 0.05) is 28.5 Å². The molecule has 6 rings (SSSR count). The van der Waals surface area contributed by atoms with E-state index in [1.54, 1.807) is 39.7 Å². The van der Waals surface area contributed by atoms with Crippen LogP contribution in [0.15, 0.2) is 70.1 Å². The molecule has 33 heavy (non-hydrogen) atoms. The van der Waals surface area contributed by atoms with Crippen molar-refractivity contribution in [3.8, 4) is 34.2 Å². The Bertz CT molecular complexity index is 1570. The summed E-state index contributed by atoms with van der Waals surface area (Å²) in [7, 11) is 0. The van der Waals surface area contributed by atoms with Crippen LogP contribution in [0, 0.1) is 6.92 Å². The Labute approximate surface area is 192 Å². The average molecular weight is 461 g/mol. The maximum Gasteiger partial charge on any atom is 0.276 e. The molecule has 3 aromatic heterocycles. The van der Waals surface area contributed by atoms with E-state index in [1.807, 2.05) is 37.3 Å². The van der Waals surface area contributed by atoms with Crippen molar-refractivity contribution in [3.63, 3.8) is 0 Å². The normalized spacial score (nSPS) is 12.5. The van der Waals surface area contributed by atoms with E-state index in [0.717, 1.165) is 11.1 Å². The predicted molar refractivity (Wildman–Crippen MR) is 122 cm³/mol. The predicted octanol–water partition coefficient (Wildman–Crippen LogP) is 4.56. The van der Waals surface area contributed by atoms with Gasteiger partial charge in [-0.05, 0) is 55.5 Å². The maximum atomic E-state index is 13.2. The Kier molecular flexibility index (Phi) is 4.48. The zero-order chi connectivity index (χ0) is 22.5. The van der Waals surface area contributed by atoms with Gasteiger partial charge in [-0.2, -0.15) is 5.10 Å². The molecule has 5 aromatic rings. The van der Waals surface area contributed by atoms with Crippen LogP contribution in [-0.2, 0) is 6.54 Å². The van der Waals surface area contributed by atoms with Crippen molar-refractivity contribution in [3.05, 3.63) is 87.8 Å². The lowest BCUT2D eigenvalue weighted by molar-refractivity contribution is 0.174. The molecule has 0 saturated heterocycles. The van der Waals surface area contributed by atoms with E-state index in [4.69, 9.17) is 25.5 Å². The minimum absolute atomic E-state index is 0.174. The molecular formula is C24H17ClN4O4. The number of fused-ring (bicyclic) bond motifs is 2. The number of aromatic nitrogens is 4. The van der Waals surface area contributed by atoms with Gasteiger partial charge in [-0.15, -0.1) is 0 Å². The minimum Gasteiger partial charge on any atom is -0.454 e. The summed E-state index contributed by atoms with van der Waals surface area (Å²) in [5.74, 6) is 2.51. The monoisotopic (exact) mass is 460 g/mol. The number of oxazole rings is 1. The van der Waals surface area contributed by atoms with Gasteiger partial charge in [0.05, 0.1) is 12.2 Å². The van der Waals surface area contributed by atoms with Gasteiger partial charge in [0.25, 0.3) is 5.56 Å². The molecule has 9 heteroatoms. The van der Waals surface area contributed by atoms with Gasteiger partial charge in [-0.1, -0.05) is 11.6 Å². The fourth-order valence-corrected chi connectivity index (χ4v) is 3.93. The van der Waals surface area contributed by atoms with Gasteiger partial charge in [-0.25, -0.2) is 9.50 Å². The molecule has 0 amide bonds. The minimum atomic E-state index is -0.174. The molecule has 1 aliphatic heterocycles. The van der Waals surface area contributed by atoms with Gasteiger partial charge in [0.2, 0.25) is 12.7 Å². The van der Waals surface area contributed by atoms with Crippen molar-refractivity contribution in [1.29, 1.82) is 0 Å². The highest BCUT2D eigenvalue weighted by molar-refractivity contribution is 6.30. The lowest BCUT2D eigenvalue weighted by Gasteiger charge is -2.04. The SMILES string of the molecule is Cc1oc(-c2ccc(Cl)cc2)nc1Cn1ccn2nc(-c3ccc4c(c3)OCO4)cc2c1=O. The van der Waals surface area contributed by atoms with Crippen LogP contribution in [0.3, 0.4) is 0 Å². The second kappa shape index (κ2) is 7.53. The number of rotatable bonds is 4. The molecule has 0 N–H and O–H groups in total. The van der Waals surface area contributed by atoms with Crippen LogP contribution in [0.4, 0.5) is 0 Å². The van der Waals surface area contributed by atoms with Crippen LogP contribution >= 0.6 is 11.6 Å². The first kappa shape index (κ1) is 19.6. The number of ether oxygens (including phenoxy) is 2. The summed E-state index contributed by atoms with van der Waals surface area (Å²) in [6.45, 7) is 2.32. The van der Waals surface area contributed by atoms with E-state index in [0.29, 0.717) is 45.1 Å². The largest absolute Gasteiger partial charge is 0.454 e. The van der Waals surface area contributed by atoms with Crippen molar-refractivity contribution in [2.75, 3.05) is 6.79 Å². The van der Waals surface area contributed by atoms with Crippen molar-refractivity contribution in [2.45, 2.75) is 13.5 Å². The molecule has 0 spiro atoms. The molecule has 0 radical (unpaired) electrons. The van der Waals surface area contributed by atoms with Gasteiger partial charge >= 0.3 is 0 Å². The molecule has 0 saturated carbocycles. The first-order valence-electron chi connectivity index (χ1n) is 10.3. The third kappa shape index (κ3) is 3.44. The zero-order valence-corrected chi connectivity index (χ0v) is 18.2. The first-order valence-corrected chi connectivity index (χ1v) is 10.6. The lowest BCUT2D eigenvalue weighted by atomic mass is 10.1. The third-order valence-corrected chi connectivity index (χ3v) is 5.83. The van der Waals surface area contributed by atoms with Crippen molar-refractivity contribution >= 4 is 17.1 Å². The number of hydrogen-bond donors (Lipinski definition) is 0. The summed E-state index contributed by atoms with van der Waals surface area (Å²) in [4.78, 5) is 17.8. The first-order chi connectivity index (χ1) is 16.0. The van der Waals surface area contributed by atoms with Gasteiger partial charge in [0.15, 0.2) is 11.5 Å². The number of nitrogens with zero attached hydrogens (tertiary/aromatic N) is 4. The van der Waals surface area contributed by atoms with E-state index in [9.17, 15) is 4.79 Å². The van der Waals surface area contributed by atoms with Crippen molar-refractivity contribution in [1.82, 2.24) is 19.2 Å². The third-order valence-electron chi connectivity index (χ3n) is 5.58. The Morgan fingerprint density at radius 1 is 1.00 bits per heavy atom. The van der Waals surface area contributed by atoms with Crippen molar-refractivity contribution in [2.24, 2.45) is 0 Å². The molecule has 0 aliphatic carbocycles.